The fourth-order valence-corrected chi connectivity index (χ4v) is 4.27. The number of amides is 1. The third kappa shape index (κ3) is 5.71. The van der Waals surface area contributed by atoms with Crippen LogP contribution in [0.3, 0.4) is 0 Å². The van der Waals surface area contributed by atoms with Gasteiger partial charge in [0.1, 0.15) is 5.75 Å². The van der Waals surface area contributed by atoms with Crippen LogP contribution in [0.1, 0.15) is 31.2 Å². The smallest absolute Gasteiger partial charge is 0.303 e. The van der Waals surface area contributed by atoms with Gasteiger partial charge in [-0.1, -0.05) is 24.3 Å². The Balaban J connectivity index is 0.000000447. The van der Waals surface area contributed by atoms with E-state index in [4.69, 9.17) is 15.6 Å². The fourth-order valence-electron chi connectivity index (χ4n) is 4.27. The Morgan fingerprint density at radius 3 is 2.36 bits per heavy atom. The summed E-state index contributed by atoms with van der Waals surface area (Å²) in [4.78, 5) is 22.3. The topological polar surface area (TPSA) is 102 Å². The number of benzene rings is 3. The monoisotopic (exact) mass is 446 g/mol. The molecule has 0 aromatic heterocycles. The van der Waals surface area contributed by atoms with E-state index in [0.29, 0.717) is 12.1 Å². The Kier molecular flexibility index (Phi) is 6.94. The lowest BCUT2D eigenvalue weighted by Gasteiger charge is -2.12. The molecule has 0 bridgehead atoms. The molecule has 0 aliphatic heterocycles. The van der Waals surface area contributed by atoms with E-state index in [1.165, 1.54) is 11.8 Å². The maximum atomic E-state index is 11.5. The van der Waals surface area contributed by atoms with Gasteiger partial charge in [-0.15, -0.1) is 0 Å². The Morgan fingerprint density at radius 2 is 1.76 bits per heavy atom. The number of anilines is 1. The molecule has 3 aromatic carbocycles. The lowest BCUT2D eigenvalue weighted by molar-refractivity contribution is -0.137. The van der Waals surface area contributed by atoms with Gasteiger partial charge in [-0.05, 0) is 89.8 Å². The first-order valence-electron chi connectivity index (χ1n) is 11.4. The van der Waals surface area contributed by atoms with Gasteiger partial charge in [0.05, 0.1) is 13.7 Å². The summed E-state index contributed by atoms with van der Waals surface area (Å²) in [6, 6.07) is 17.4. The second-order valence-electron chi connectivity index (χ2n) is 8.79. The molecule has 2 atom stereocenters. The van der Waals surface area contributed by atoms with Crippen LogP contribution >= 0.6 is 0 Å². The Bertz CT molecular complexity index is 1160. The number of aryl methyl sites for hydroxylation is 1. The molecule has 2 unspecified atom stereocenters. The summed E-state index contributed by atoms with van der Waals surface area (Å²) in [5, 5.41) is 13.7. The van der Waals surface area contributed by atoms with Gasteiger partial charge in [-0.3, -0.25) is 9.59 Å². The zero-order valence-corrected chi connectivity index (χ0v) is 18.8. The highest BCUT2D eigenvalue weighted by molar-refractivity contribution is 5.96. The number of carbonyl (C=O) groups excluding carboxylic acids is 1. The van der Waals surface area contributed by atoms with Gasteiger partial charge in [0.2, 0.25) is 5.91 Å². The molecule has 33 heavy (non-hydrogen) atoms. The molecule has 172 valence electrons. The van der Waals surface area contributed by atoms with Crippen LogP contribution in [-0.2, 0) is 16.0 Å². The average Bonchev–Trinajstić information content (AvgIpc) is 3.42. The lowest BCUT2D eigenvalue weighted by atomic mass is 9.97. The van der Waals surface area contributed by atoms with Crippen molar-refractivity contribution in [1.82, 2.24) is 0 Å². The van der Waals surface area contributed by atoms with Crippen molar-refractivity contribution in [3.63, 3.8) is 0 Å². The highest BCUT2D eigenvalue weighted by atomic mass is 16.5. The van der Waals surface area contributed by atoms with Crippen molar-refractivity contribution in [1.29, 1.82) is 0 Å². The second-order valence-corrected chi connectivity index (χ2v) is 8.79. The number of carboxylic acid groups (broad SMARTS) is 1. The first-order chi connectivity index (χ1) is 16.0. The van der Waals surface area contributed by atoms with Crippen molar-refractivity contribution >= 4 is 28.3 Å². The molecule has 3 aromatic rings. The third-order valence-electron chi connectivity index (χ3n) is 6.49. The number of ether oxygens (including phenoxy) is 1. The van der Waals surface area contributed by atoms with Crippen LogP contribution in [0.5, 0.6) is 5.75 Å². The minimum Gasteiger partial charge on any atom is -0.496 e. The highest BCUT2D eigenvalue weighted by Crippen LogP contribution is 2.55. The number of carbonyl (C=O) groups is 2. The molecule has 6 heteroatoms. The largest absolute Gasteiger partial charge is 0.496 e. The third-order valence-corrected chi connectivity index (χ3v) is 6.49. The molecular formula is C27H30N2O4. The Morgan fingerprint density at radius 1 is 1.03 bits per heavy atom. The average molecular weight is 447 g/mol. The summed E-state index contributed by atoms with van der Waals surface area (Å²) < 4.78 is 5.49. The maximum absolute atomic E-state index is 11.5. The van der Waals surface area contributed by atoms with Crippen molar-refractivity contribution < 1.29 is 19.4 Å². The Hall–Kier alpha value is -3.38. The number of nitrogens with one attached hydrogen (secondary N) is 1. The molecule has 4 N–H and O–H groups in total. The van der Waals surface area contributed by atoms with Crippen molar-refractivity contribution in [2.24, 2.45) is 17.6 Å². The molecule has 2 aliphatic carbocycles. The van der Waals surface area contributed by atoms with E-state index in [9.17, 15) is 9.59 Å². The standard InChI is InChI=1S/C22H22N2O4.C5H8/c1-28-20-8-2-14(3-9-22(26)27)10-19(20)17-5-4-16-12-18(24-21(25)13-23)7-6-15(16)11-17;1-2-5-3-4(1)5/h2,4-8,10-12H,3,9,13,23H2,1H3,(H,24,25)(H,26,27);4-5H,1-3H2. The summed E-state index contributed by atoms with van der Waals surface area (Å²) in [5.41, 5.74) is 8.86. The number of aliphatic carboxylic acids is 1. The minimum absolute atomic E-state index is 0.0605. The summed E-state index contributed by atoms with van der Waals surface area (Å²) in [7, 11) is 1.61. The molecule has 0 saturated heterocycles. The quantitative estimate of drug-likeness (QED) is 0.482. The van der Waals surface area contributed by atoms with E-state index in [2.05, 4.69) is 5.32 Å². The molecule has 0 heterocycles. The van der Waals surface area contributed by atoms with E-state index in [1.807, 2.05) is 54.6 Å². The number of methoxy groups -OCH3 is 1. The van der Waals surface area contributed by atoms with Crippen LogP contribution in [-0.4, -0.2) is 30.6 Å². The number of fused-ring (bicyclic) bond motifs is 2. The number of hydrogen-bond acceptors (Lipinski definition) is 4. The summed E-state index contributed by atoms with van der Waals surface area (Å²) >= 11 is 0. The summed E-state index contributed by atoms with van der Waals surface area (Å²) in [6.07, 6.45) is 5.25. The summed E-state index contributed by atoms with van der Waals surface area (Å²) in [6.45, 7) is -0.0605. The summed E-state index contributed by atoms with van der Waals surface area (Å²) in [5.74, 6) is 2.13. The van der Waals surface area contributed by atoms with Gasteiger partial charge in [0, 0.05) is 17.7 Å². The van der Waals surface area contributed by atoms with Crippen LogP contribution in [0.25, 0.3) is 21.9 Å². The van der Waals surface area contributed by atoms with Gasteiger partial charge >= 0.3 is 5.97 Å². The molecule has 6 nitrogen and oxygen atoms in total. The van der Waals surface area contributed by atoms with Crippen molar-refractivity contribution in [3.8, 4) is 16.9 Å². The zero-order chi connectivity index (χ0) is 23.4. The van der Waals surface area contributed by atoms with Crippen LogP contribution < -0.4 is 15.8 Å². The lowest BCUT2D eigenvalue weighted by Crippen LogP contribution is -2.21. The molecule has 5 rings (SSSR count). The highest BCUT2D eigenvalue weighted by Gasteiger charge is 2.44. The molecular weight excluding hydrogens is 416 g/mol. The minimum atomic E-state index is -0.819. The van der Waals surface area contributed by atoms with E-state index >= 15 is 0 Å². The molecule has 2 fully saturated rings. The van der Waals surface area contributed by atoms with Crippen LogP contribution in [0.15, 0.2) is 54.6 Å². The number of rotatable bonds is 7. The molecule has 0 radical (unpaired) electrons. The molecule has 0 spiro atoms. The number of hydrogen-bond donors (Lipinski definition) is 3. The first kappa shape index (κ1) is 22.8. The molecule has 1 amide bonds. The van der Waals surface area contributed by atoms with Crippen LogP contribution in [0.2, 0.25) is 0 Å². The zero-order valence-electron chi connectivity index (χ0n) is 18.8. The van der Waals surface area contributed by atoms with E-state index in [-0.39, 0.29) is 18.9 Å². The fraction of sp³-hybridized carbons (Fsp3) is 0.333. The predicted octanol–water partition coefficient (Wildman–Crippen LogP) is 4.85. The van der Waals surface area contributed by atoms with Gasteiger partial charge in [0.25, 0.3) is 0 Å². The Labute approximate surface area is 193 Å². The van der Waals surface area contributed by atoms with Gasteiger partial charge in [0.15, 0.2) is 0 Å². The van der Waals surface area contributed by atoms with Gasteiger partial charge < -0.3 is 20.9 Å². The second kappa shape index (κ2) is 10.0. The van der Waals surface area contributed by atoms with Crippen LogP contribution in [0, 0.1) is 11.8 Å². The van der Waals surface area contributed by atoms with Gasteiger partial charge in [-0.25, -0.2) is 0 Å². The van der Waals surface area contributed by atoms with Crippen molar-refractivity contribution in [2.75, 3.05) is 19.0 Å². The number of nitrogens with two attached hydrogens (primary N) is 1. The van der Waals surface area contributed by atoms with E-state index in [1.54, 1.807) is 26.4 Å². The van der Waals surface area contributed by atoms with Crippen LogP contribution in [0.4, 0.5) is 5.69 Å². The van der Waals surface area contributed by atoms with E-state index in [0.717, 1.165) is 33.2 Å². The maximum Gasteiger partial charge on any atom is 0.303 e. The molecule has 2 saturated carbocycles. The van der Waals surface area contributed by atoms with Crippen molar-refractivity contribution in [2.45, 2.75) is 32.1 Å². The first-order valence-corrected chi connectivity index (χ1v) is 11.4. The normalized spacial score (nSPS) is 17.8. The van der Waals surface area contributed by atoms with Gasteiger partial charge in [-0.2, -0.15) is 0 Å². The molecule has 2 aliphatic rings. The number of carboxylic acids is 1. The van der Waals surface area contributed by atoms with E-state index < -0.39 is 5.97 Å². The predicted molar refractivity (Wildman–Crippen MR) is 130 cm³/mol. The van der Waals surface area contributed by atoms with Crippen molar-refractivity contribution in [3.05, 3.63) is 60.2 Å². The SMILES string of the molecule is C1CC2CC12.COc1ccc(CCC(=O)O)cc1-c1ccc2cc(NC(=O)CN)ccc2c1.